The van der Waals surface area contributed by atoms with Crippen molar-refractivity contribution >= 4 is 15.5 Å². The first-order valence-electron chi connectivity index (χ1n) is 5.85. The highest BCUT2D eigenvalue weighted by Crippen LogP contribution is 2.21. The number of sulfone groups is 1. The van der Waals surface area contributed by atoms with E-state index in [-0.39, 0.29) is 12.1 Å². The van der Waals surface area contributed by atoms with E-state index < -0.39 is 9.84 Å². The molecule has 1 rings (SSSR count). The zero-order valence-electron chi connectivity index (χ0n) is 11.5. The Labute approximate surface area is 109 Å². The van der Waals surface area contributed by atoms with Crippen LogP contribution in [0.5, 0.6) is 0 Å². The van der Waals surface area contributed by atoms with E-state index in [9.17, 15) is 8.42 Å². The van der Waals surface area contributed by atoms with Crippen LogP contribution in [-0.2, 0) is 14.6 Å². The summed E-state index contributed by atoms with van der Waals surface area (Å²) in [5, 5.41) is 3.28. The van der Waals surface area contributed by atoms with Gasteiger partial charge in [0.25, 0.3) is 0 Å². The van der Waals surface area contributed by atoms with Gasteiger partial charge in [-0.25, -0.2) is 8.42 Å². The summed E-state index contributed by atoms with van der Waals surface area (Å²) in [6, 6.07) is 5.20. The molecule has 0 radical (unpaired) electrons. The fraction of sp³-hybridized carbons (Fsp3) is 0.538. The van der Waals surface area contributed by atoms with Crippen LogP contribution in [0, 0.1) is 6.92 Å². The highest BCUT2D eigenvalue weighted by molar-refractivity contribution is 7.90. The van der Waals surface area contributed by atoms with Crippen LogP contribution in [0.3, 0.4) is 0 Å². The molecule has 0 aliphatic rings. The van der Waals surface area contributed by atoms with E-state index in [1.807, 2.05) is 26.8 Å². The predicted octanol–water partition coefficient (Wildman–Crippen LogP) is 2.23. The third-order valence-electron chi connectivity index (χ3n) is 3.10. The molecule has 102 valence electrons. The number of rotatable bonds is 5. The van der Waals surface area contributed by atoms with E-state index in [1.165, 1.54) is 6.26 Å². The van der Waals surface area contributed by atoms with Gasteiger partial charge >= 0.3 is 0 Å². The molecule has 5 heteroatoms. The number of anilines is 1. The summed E-state index contributed by atoms with van der Waals surface area (Å²) in [5.74, 6) is 0. The molecule has 1 aromatic carbocycles. The van der Waals surface area contributed by atoms with Crippen LogP contribution in [0.15, 0.2) is 23.1 Å². The van der Waals surface area contributed by atoms with Crippen molar-refractivity contribution in [3.05, 3.63) is 23.8 Å². The number of aryl methyl sites for hydroxylation is 1. The molecule has 4 nitrogen and oxygen atoms in total. The lowest BCUT2D eigenvalue weighted by atomic mass is 10.1. The molecule has 1 aromatic rings. The zero-order valence-corrected chi connectivity index (χ0v) is 12.3. The smallest absolute Gasteiger partial charge is 0.175 e. The Morgan fingerprint density at radius 3 is 2.39 bits per heavy atom. The topological polar surface area (TPSA) is 55.4 Å². The minimum absolute atomic E-state index is 0.0475. The Morgan fingerprint density at radius 2 is 1.89 bits per heavy atom. The standard InChI is InChI=1S/C13H21NO3S/c1-9-6-7-12(18(5,15)16)8-13(9)14-10(2)11(3)17-4/h6-8,10-11,14H,1-5H3. The lowest BCUT2D eigenvalue weighted by Crippen LogP contribution is -2.30. The van der Waals surface area contributed by atoms with Crippen molar-refractivity contribution in [2.45, 2.75) is 37.8 Å². The Bertz CT molecular complexity index is 511. The van der Waals surface area contributed by atoms with Gasteiger partial charge in [0.1, 0.15) is 0 Å². The highest BCUT2D eigenvalue weighted by atomic mass is 32.2. The number of hydrogen-bond donors (Lipinski definition) is 1. The van der Waals surface area contributed by atoms with Crippen molar-refractivity contribution in [2.75, 3.05) is 18.7 Å². The molecule has 2 unspecified atom stereocenters. The van der Waals surface area contributed by atoms with Gasteiger partial charge < -0.3 is 10.1 Å². The molecule has 0 bridgehead atoms. The first-order valence-corrected chi connectivity index (χ1v) is 7.75. The van der Waals surface area contributed by atoms with E-state index in [0.717, 1.165) is 11.3 Å². The van der Waals surface area contributed by atoms with Crippen LogP contribution in [0.1, 0.15) is 19.4 Å². The normalized spacial score (nSPS) is 15.2. The molecular weight excluding hydrogens is 250 g/mol. The summed E-state index contributed by atoms with van der Waals surface area (Å²) in [4.78, 5) is 0.327. The van der Waals surface area contributed by atoms with Crippen molar-refractivity contribution in [3.63, 3.8) is 0 Å². The molecule has 0 aliphatic carbocycles. The summed E-state index contributed by atoms with van der Waals surface area (Å²) in [6.07, 6.45) is 1.26. The zero-order chi connectivity index (χ0) is 13.9. The second-order valence-electron chi connectivity index (χ2n) is 4.62. The predicted molar refractivity (Wildman–Crippen MR) is 73.8 cm³/mol. The molecular formula is C13H21NO3S. The molecule has 0 aromatic heterocycles. The number of hydrogen-bond acceptors (Lipinski definition) is 4. The Morgan fingerprint density at radius 1 is 1.28 bits per heavy atom. The SMILES string of the molecule is COC(C)C(C)Nc1cc(S(C)(=O)=O)ccc1C. The molecule has 18 heavy (non-hydrogen) atoms. The third-order valence-corrected chi connectivity index (χ3v) is 4.21. The van der Waals surface area contributed by atoms with Crippen molar-refractivity contribution in [3.8, 4) is 0 Å². The van der Waals surface area contributed by atoms with Crippen LogP contribution in [0.2, 0.25) is 0 Å². The maximum Gasteiger partial charge on any atom is 0.175 e. The molecule has 0 amide bonds. The highest BCUT2D eigenvalue weighted by Gasteiger charge is 2.14. The van der Waals surface area contributed by atoms with Crippen LogP contribution in [-0.4, -0.2) is 33.9 Å². The minimum atomic E-state index is -3.17. The molecule has 0 spiro atoms. The van der Waals surface area contributed by atoms with E-state index in [1.54, 1.807) is 19.2 Å². The molecule has 2 atom stereocenters. The average molecular weight is 271 g/mol. The van der Waals surface area contributed by atoms with Crippen molar-refractivity contribution in [1.29, 1.82) is 0 Å². The second-order valence-corrected chi connectivity index (χ2v) is 6.64. The largest absolute Gasteiger partial charge is 0.380 e. The second kappa shape index (κ2) is 5.71. The van der Waals surface area contributed by atoms with Gasteiger partial charge in [0.2, 0.25) is 0 Å². The summed E-state index contributed by atoms with van der Waals surface area (Å²) < 4.78 is 28.3. The Hall–Kier alpha value is -1.07. The van der Waals surface area contributed by atoms with Gasteiger partial charge in [-0.3, -0.25) is 0 Å². The van der Waals surface area contributed by atoms with Crippen LogP contribution < -0.4 is 5.32 Å². The summed E-state index contributed by atoms with van der Waals surface area (Å²) in [7, 11) is -1.52. The van der Waals surface area contributed by atoms with Gasteiger partial charge in [-0.05, 0) is 38.5 Å². The monoisotopic (exact) mass is 271 g/mol. The fourth-order valence-corrected chi connectivity index (χ4v) is 2.20. The van der Waals surface area contributed by atoms with Gasteiger partial charge in [0.15, 0.2) is 9.84 Å². The summed E-state index contributed by atoms with van der Waals surface area (Å²) >= 11 is 0. The molecule has 0 heterocycles. The van der Waals surface area contributed by atoms with Crippen molar-refractivity contribution in [2.24, 2.45) is 0 Å². The van der Waals surface area contributed by atoms with E-state index in [4.69, 9.17) is 4.74 Å². The summed E-state index contributed by atoms with van der Waals surface area (Å²) in [6.45, 7) is 5.91. The van der Waals surface area contributed by atoms with E-state index in [2.05, 4.69) is 5.32 Å². The van der Waals surface area contributed by atoms with Crippen molar-refractivity contribution < 1.29 is 13.2 Å². The van der Waals surface area contributed by atoms with Crippen LogP contribution in [0.4, 0.5) is 5.69 Å². The number of benzene rings is 1. The lowest BCUT2D eigenvalue weighted by Gasteiger charge is -2.22. The quantitative estimate of drug-likeness (QED) is 0.892. The van der Waals surface area contributed by atoms with Crippen LogP contribution >= 0.6 is 0 Å². The van der Waals surface area contributed by atoms with Crippen molar-refractivity contribution in [1.82, 2.24) is 0 Å². The van der Waals surface area contributed by atoms with Gasteiger partial charge in [-0.15, -0.1) is 0 Å². The Balaban J connectivity index is 3.02. The molecule has 0 aliphatic heterocycles. The number of nitrogens with one attached hydrogen (secondary N) is 1. The molecule has 1 N–H and O–H groups in total. The maximum atomic E-state index is 11.5. The van der Waals surface area contributed by atoms with E-state index in [0.29, 0.717) is 4.90 Å². The number of methoxy groups -OCH3 is 1. The van der Waals surface area contributed by atoms with Gasteiger partial charge in [-0.2, -0.15) is 0 Å². The van der Waals surface area contributed by atoms with E-state index >= 15 is 0 Å². The third kappa shape index (κ3) is 3.71. The lowest BCUT2D eigenvalue weighted by molar-refractivity contribution is 0.106. The minimum Gasteiger partial charge on any atom is -0.380 e. The van der Waals surface area contributed by atoms with Crippen LogP contribution in [0.25, 0.3) is 0 Å². The molecule has 0 saturated heterocycles. The van der Waals surface area contributed by atoms with Gasteiger partial charge in [0, 0.05) is 25.1 Å². The Kier molecular flexibility index (Phi) is 4.76. The first-order chi connectivity index (χ1) is 8.25. The maximum absolute atomic E-state index is 11.5. The summed E-state index contributed by atoms with van der Waals surface area (Å²) in [5.41, 5.74) is 1.84. The van der Waals surface area contributed by atoms with Gasteiger partial charge in [0.05, 0.1) is 11.0 Å². The molecule has 0 saturated carbocycles. The van der Waals surface area contributed by atoms with Gasteiger partial charge in [-0.1, -0.05) is 6.07 Å². The fourth-order valence-electron chi connectivity index (χ4n) is 1.55. The number of ether oxygens (including phenoxy) is 1. The molecule has 0 fully saturated rings. The first kappa shape index (κ1) is 15.0. The average Bonchev–Trinajstić information content (AvgIpc) is 2.29.